The highest BCUT2D eigenvalue weighted by Gasteiger charge is 2.21. The maximum Gasteiger partial charge on any atom is 0.223 e. The zero-order valence-corrected chi connectivity index (χ0v) is 13.9. The normalized spacial score (nSPS) is 15.1. The molecule has 0 unspecified atom stereocenters. The Bertz CT molecular complexity index is 699. The molecule has 0 aromatic heterocycles. The van der Waals surface area contributed by atoms with Crippen LogP contribution in [0.4, 0.5) is 5.69 Å². The zero-order valence-electron chi connectivity index (χ0n) is 13.0. The minimum Gasteiger partial charge on any atom is -0.411 e. The smallest absolute Gasteiger partial charge is 0.223 e. The number of carbonyl (C=O) groups excluding carboxylic acids is 1. The number of nitrogens with two attached hydrogens (primary N) is 1. The first-order chi connectivity index (χ1) is 10.9. The molecule has 0 radical (unpaired) electrons. The van der Waals surface area contributed by atoms with Gasteiger partial charge in [-0.05, 0) is 49.7 Å². The van der Waals surface area contributed by atoms with E-state index in [4.69, 9.17) is 23.2 Å². The van der Waals surface area contributed by atoms with Crippen molar-refractivity contribution >= 4 is 40.3 Å². The number of fused-ring (bicyclic) bond motifs is 1. The fraction of sp³-hybridized carbons (Fsp3) is 0.333. The van der Waals surface area contributed by atoms with Gasteiger partial charge in [0, 0.05) is 24.7 Å². The van der Waals surface area contributed by atoms with Gasteiger partial charge in [-0.2, -0.15) is 5.10 Å². The number of anilines is 1. The molecule has 1 aromatic carbocycles. The number of carbonyl (C=O) groups is 1. The van der Waals surface area contributed by atoms with Crippen LogP contribution in [0.3, 0.4) is 0 Å². The van der Waals surface area contributed by atoms with E-state index in [0.29, 0.717) is 11.4 Å². The van der Waals surface area contributed by atoms with Crippen molar-refractivity contribution in [2.24, 2.45) is 16.0 Å². The van der Waals surface area contributed by atoms with Crippen LogP contribution in [0.2, 0.25) is 0 Å². The zero-order chi connectivity index (χ0) is 17.0. The molecule has 0 spiro atoms. The summed E-state index contributed by atoms with van der Waals surface area (Å²) in [5.74, 6) is 0.0239. The van der Waals surface area contributed by atoms with Gasteiger partial charge in [0.1, 0.15) is 11.4 Å². The molecule has 7 nitrogen and oxygen atoms in total. The average Bonchev–Trinajstić information content (AvgIpc) is 2.53. The van der Waals surface area contributed by atoms with Crippen molar-refractivity contribution in [3.8, 4) is 0 Å². The predicted octanol–water partition coefficient (Wildman–Crippen LogP) is 1.37. The van der Waals surface area contributed by atoms with Gasteiger partial charge in [-0.25, -0.2) is 0 Å². The van der Waals surface area contributed by atoms with Crippen LogP contribution in [-0.4, -0.2) is 34.2 Å². The molecule has 4 N–H and O–H groups in total. The van der Waals surface area contributed by atoms with Gasteiger partial charge < -0.3 is 15.8 Å². The Kier molecular flexibility index (Phi) is 5.28. The molecule has 2 rings (SSSR count). The number of aryl methyl sites for hydroxylation is 1. The van der Waals surface area contributed by atoms with E-state index in [9.17, 15) is 4.79 Å². The molecule has 1 heterocycles. The van der Waals surface area contributed by atoms with Gasteiger partial charge in [-0.3, -0.25) is 10.2 Å². The Morgan fingerprint density at radius 1 is 1.43 bits per heavy atom. The summed E-state index contributed by atoms with van der Waals surface area (Å²) >= 11 is 4.74. The second-order valence-corrected chi connectivity index (χ2v) is 5.68. The summed E-state index contributed by atoms with van der Waals surface area (Å²) in [4.78, 5) is 13.5. The second kappa shape index (κ2) is 7.19. The Morgan fingerprint density at radius 2 is 2.17 bits per heavy atom. The van der Waals surface area contributed by atoms with Crippen LogP contribution in [0.1, 0.15) is 31.4 Å². The molecule has 0 fully saturated rings. The quantitative estimate of drug-likeness (QED) is 0.335. The standard InChI is InChI=1S/C15H19N5O2S/c1-9(19-22)14(17-18-15(16)23)12-5-6-13-11(8-12)4-3-7-20(13)10(2)21/h5-6,8,22H,3-4,7H2,1-2H3,(H3,16,18,23). The number of amides is 1. The number of nitrogens with zero attached hydrogens (tertiary/aromatic N) is 3. The van der Waals surface area contributed by atoms with E-state index in [1.165, 1.54) is 0 Å². The highest BCUT2D eigenvalue weighted by Crippen LogP contribution is 2.28. The maximum absolute atomic E-state index is 11.7. The Morgan fingerprint density at radius 3 is 2.78 bits per heavy atom. The summed E-state index contributed by atoms with van der Waals surface area (Å²) in [6.45, 7) is 3.91. The molecule has 1 aliphatic rings. The third-order valence-corrected chi connectivity index (χ3v) is 3.71. The molecule has 0 aliphatic carbocycles. The summed E-state index contributed by atoms with van der Waals surface area (Å²) in [5.41, 5.74) is 11.4. The first kappa shape index (κ1) is 16.9. The van der Waals surface area contributed by atoms with E-state index in [0.717, 1.165) is 36.2 Å². The third kappa shape index (κ3) is 3.84. The number of rotatable bonds is 3. The van der Waals surface area contributed by atoms with Gasteiger partial charge in [0.25, 0.3) is 0 Å². The van der Waals surface area contributed by atoms with Crippen molar-refractivity contribution in [3.63, 3.8) is 0 Å². The maximum atomic E-state index is 11.7. The fourth-order valence-corrected chi connectivity index (χ4v) is 2.63. The monoisotopic (exact) mass is 333 g/mol. The molecule has 122 valence electrons. The fourth-order valence-electron chi connectivity index (χ4n) is 2.58. The molecule has 1 amide bonds. The third-order valence-electron chi connectivity index (χ3n) is 3.62. The summed E-state index contributed by atoms with van der Waals surface area (Å²) in [5, 5.41) is 16.4. The SMILES string of the molecule is CC(=O)N1CCCc2cc(C(=NNC(N)=S)C(C)=NO)ccc21. The highest BCUT2D eigenvalue weighted by molar-refractivity contribution is 7.80. The summed E-state index contributed by atoms with van der Waals surface area (Å²) < 4.78 is 0. The van der Waals surface area contributed by atoms with E-state index >= 15 is 0 Å². The van der Waals surface area contributed by atoms with Gasteiger partial charge >= 0.3 is 0 Å². The number of nitrogens with one attached hydrogen (secondary N) is 1. The Labute approximate surface area is 139 Å². The average molecular weight is 333 g/mol. The topological polar surface area (TPSA) is 103 Å². The molecule has 0 bridgehead atoms. The van der Waals surface area contributed by atoms with Crippen LogP contribution >= 0.6 is 12.2 Å². The van der Waals surface area contributed by atoms with Crippen LogP contribution in [0, 0.1) is 0 Å². The highest BCUT2D eigenvalue weighted by atomic mass is 32.1. The number of hydrogen-bond donors (Lipinski definition) is 3. The lowest BCUT2D eigenvalue weighted by Gasteiger charge is -2.29. The van der Waals surface area contributed by atoms with Crippen molar-refractivity contribution < 1.29 is 10.0 Å². The molecule has 1 aromatic rings. The van der Waals surface area contributed by atoms with Gasteiger partial charge in [-0.1, -0.05) is 11.2 Å². The molecule has 0 saturated heterocycles. The lowest BCUT2D eigenvalue weighted by atomic mass is 9.96. The van der Waals surface area contributed by atoms with Crippen LogP contribution in [0.5, 0.6) is 0 Å². The molecule has 0 saturated carbocycles. The van der Waals surface area contributed by atoms with E-state index in [-0.39, 0.29) is 11.0 Å². The van der Waals surface area contributed by atoms with Crippen LogP contribution in [0.25, 0.3) is 0 Å². The number of thiocarbonyl (C=S) groups is 1. The van der Waals surface area contributed by atoms with Crippen LogP contribution in [0.15, 0.2) is 28.5 Å². The van der Waals surface area contributed by atoms with E-state index in [1.807, 2.05) is 18.2 Å². The summed E-state index contributed by atoms with van der Waals surface area (Å²) in [6.07, 6.45) is 1.78. The van der Waals surface area contributed by atoms with Crippen molar-refractivity contribution in [2.45, 2.75) is 26.7 Å². The minimum atomic E-state index is 0.0222. The van der Waals surface area contributed by atoms with E-state index < -0.39 is 0 Å². The van der Waals surface area contributed by atoms with Crippen molar-refractivity contribution in [1.82, 2.24) is 5.43 Å². The summed E-state index contributed by atoms with van der Waals surface area (Å²) in [7, 11) is 0. The Balaban J connectivity index is 2.44. The molecular weight excluding hydrogens is 314 g/mol. The molecule has 1 aliphatic heterocycles. The van der Waals surface area contributed by atoms with Crippen molar-refractivity contribution in [2.75, 3.05) is 11.4 Å². The first-order valence-electron chi connectivity index (χ1n) is 7.17. The van der Waals surface area contributed by atoms with E-state index in [2.05, 4.69) is 15.7 Å². The summed E-state index contributed by atoms with van der Waals surface area (Å²) in [6, 6.07) is 5.65. The van der Waals surface area contributed by atoms with Gasteiger partial charge in [0.15, 0.2) is 5.11 Å². The largest absolute Gasteiger partial charge is 0.411 e. The number of hydrazone groups is 1. The van der Waals surface area contributed by atoms with Gasteiger partial charge in [0.05, 0.1) is 0 Å². The second-order valence-electron chi connectivity index (χ2n) is 5.24. The minimum absolute atomic E-state index is 0.0222. The lowest BCUT2D eigenvalue weighted by molar-refractivity contribution is -0.116. The molecular formula is C15H19N5O2S. The van der Waals surface area contributed by atoms with Gasteiger partial charge in [0.2, 0.25) is 5.91 Å². The molecule has 23 heavy (non-hydrogen) atoms. The number of oxime groups is 1. The Hall–Kier alpha value is -2.48. The number of benzene rings is 1. The lowest BCUT2D eigenvalue weighted by Crippen LogP contribution is -2.33. The van der Waals surface area contributed by atoms with Crippen LogP contribution in [-0.2, 0) is 11.2 Å². The van der Waals surface area contributed by atoms with E-state index in [1.54, 1.807) is 18.7 Å². The number of hydrogen-bond acceptors (Lipinski definition) is 5. The van der Waals surface area contributed by atoms with Crippen LogP contribution < -0.4 is 16.1 Å². The molecule has 0 atom stereocenters. The predicted molar refractivity (Wildman–Crippen MR) is 94.1 cm³/mol. The molecule has 8 heteroatoms. The first-order valence-corrected chi connectivity index (χ1v) is 7.58. The van der Waals surface area contributed by atoms with Gasteiger partial charge in [-0.15, -0.1) is 0 Å². The van der Waals surface area contributed by atoms with Crippen molar-refractivity contribution in [3.05, 3.63) is 29.3 Å². The van der Waals surface area contributed by atoms with Crippen molar-refractivity contribution in [1.29, 1.82) is 0 Å².